The summed E-state index contributed by atoms with van der Waals surface area (Å²) in [6.07, 6.45) is 5.46. The Labute approximate surface area is 121 Å². The van der Waals surface area contributed by atoms with Gasteiger partial charge in [0.25, 0.3) is 0 Å². The Hall–Kier alpha value is -2.73. The minimum Gasteiger partial charge on any atom is -0.361 e. The van der Waals surface area contributed by atoms with E-state index < -0.39 is 6.04 Å². The molecule has 0 unspecified atom stereocenters. The van der Waals surface area contributed by atoms with Crippen LogP contribution in [-0.2, 0) is 11.2 Å². The number of aromatic nitrogens is 3. The van der Waals surface area contributed by atoms with E-state index in [0.717, 1.165) is 16.5 Å². The van der Waals surface area contributed by atoms with Crippen LogP contribution >= 0.6 is 0 Å². The molecule has 0 bridgehead atoms. The van der Waals surface area contributed by atoms with Crippen LogP contribution in [0.3, 0.4) is 0 Å². The Morgan fingerprint density at radius 2 is 2.00 bits per heavy atom. The van der Waals surface area contributed by atoms with Crippen LogP contribution in [-0.4, -0.2) is 26.9 Å². The molecule has 6 nitrogen and oxygen atoms in total. The summed E-state index contributed by atoms with van der Waals surface area (Å²) in [5, 5.41) is 3.69. The van der Waals surface area contributed by atoms with Crippen LogP contribution in [0, 0.1) is 0 Å². The van der Waals surface area contributed by atoms with Crippen molar-refractivity contribution in [2.24, 2.45) is 5.73 Å². The van der Waals surface area contributed by atoms with Crippen molar-refractivity contribution in [1.29, 1.82) is 0 Å². The zero-order chi connectivity index (χ0) is 14.7. The molecular formula is C15H15N5O. The molecule has 1 amide bonds. The summed E-state index contributed by atoms with van der Waals surface area (Å²) in [6.45, 7) is 0. The number of hydrogen-bond donors (Lipinski definition) is 3. The number of aromatic amines is 1. The van der Waals surface area contributed by atoms with Crippen molar-refractivity contribution in [2.75, 3.05) is 5.32 Å². The van der Waals surface area contributed by atoms with E-state index in [4.69, 9.17) is 5.73 Å². The van der Waals surface area contributed by atoms with E-state index in [2.05, 4.69) is 20.3 Å². The van der Waals surface area contributed by atoms with Crippen LogP contribution in [0.25, 0.3) is 10.9 Å². The zero-order valence-electron chi connectivity index (χ0n) is 11.3. The standard InChI is InChI=1S/C15H15N5O/c16-12(14(21)20-15-17-6-3-7-18-15)8-10-9-19-13-5-2-1-4-11(10)13/h1-7,9,12,19H,8,16H2,(H,17,18,20,21)/t12-/m1/s1. The molecule has 106 valence electrons. The first-order valence-corrected chi connectivity index (χ1v) is 6.62. The normalized spacial score (nSPS) is 12.2. The lowest BCUT2D eigenvalue weighted by atomic mass is 10.1. The molecule has 4 N–H and O–H groups in total. The number of carbonyl (C=O) groups is 1. The Morgan fingerprint density at radius 3 is 2.81 bits per heavy atom. The first-order chi connectivity index (χ1) is 10.2. The van der Waals surface area contributed by atoms with Gasteiger partial charge < -0.3 is 10.7 Å². The summed E-state index contributed by atoms with van der Waals surface area (Å²) in [6, 6.07) is 8.94. The monoisotopic (exact) mass is 281 g/mol. The molecule has 0 saturated carbocycles. The SMILES string of the molecule is N[C@H](Cc1c[nH]c2ccccc12)C(=O)Nc1ncccn1. The van der Waals surface area contributed by atoms with Gasteiger partial charge in [0.1, 0.15) is 0 Å². The Morgan fingerprint density at radius 1 is 1.24 bits per heavy atom. The van der Waals surface area contributed by atoms with Crippen molar-refractivity contribution < 1.29 is 4.79 Å². The molecule has 0 fully saturated rings. The van der Waals surface area contributed by atoms with Crippen molar-refractivity contribution in [1.82, 2.24) is 15.0 Å². The highest BCUT2D eigenvalue weighted by molar-refractivity contribution is 5.94. The number of benzene rings is 1. The molecule has 0 spiro atoms. The van der Waals surface area contributed by atoms with Crippen molar-refractivity contribution in [3.63, 3.8) is 0 Å². The second kappa shape index (κ2) is 5.72. The summed E-state index contributed by atoms with van der Waals surface area (Å²) in [5.74, 6) is -0.0386. The second-order valence-electron chi connectivity index (χ2n) is 4.73. The number of para-hydroxylation sites is 1. The quantitative estimate of drug-likeness (QED) is 0.674. The fourth-order valence-corrected chi connectivity index (χ4v) is 2.20. The van der Waals surface area contributed by atoms with E-state index in [0.29, 0.717) is 6.42 Å². The summed E-state index contributed by atoms with van der Waals surface area (Å²) in [4.78, 5) is 23.1. The number of amides is 1. The third-order valence-electron chi connectivity index (χ3n) is 3.25. The fourth-order valence-electron chi connectivity index (χ4n) is 2.20. The van der Waals surface area contributed by atoms with Gasteiger partial charge in [-0.1, -0.05) is 18.2 Å². The molecule has 0 saturated heterocycles. The summed E-state index contributed by atoms with van der Waals surface area (Å²) < 4.78 is 0. The second-order valence-corrected chi connectivity index (χ2v) is 4.73. The van der Waals surface area contributed by atoms with Gasteiger partial charge in [0.05, 0.1) is 6.04 Å². The molecule has 0 radical (unpaired) electrons. The lowest BCUT2D eigenvalue weighted by molar-refractivity contribution is -0.117. The molecule has 21 heavy (non-hydrogen) atoms. The van der Waals surface area contributed by atoms with Gasteiger partial charge in [0.15, 0.2) is 0 Å². The number of H-pyrrole nitrogens is 1. The maximum atomic E-state index is 12.0. The van der Waals surface area contributed by atoms with E-state index >= 15 is 0 Å². The number of anilines is 1. The van der Waals surface area contributed by atoms with Crippen LogP contribution in [0.5, 0.6) is 0 Å². The number of nitrogens with zero attached hydrogens (tertiary/aromatic N) is 2. The van der Waals surface area contributed by atoms with E-state index in [-0.39, 0.29) is 11.9 Å². The molecule has 2 heterocycles. The first kappa shape index (κ1) is 13.3. The number of hydrogen-bond acceptors (Lipinski definition) is 4. The predicted octanol–water partition coefficient (Wildman–Crippen LogP) is 1.47. The molecule has 0 aliphatic carbocycles. The fraction of sp³-hybridized carbons (Fsp3) is 0.133. The molecule has 1 aromatic carbocycles. The van der Waals surface area contributed by atoms with Crippen LogP contribution in [0.4, 0.5) is 5.95 Å². The predicted molar refractivity (Wildman–Crippen MR) is 80.6 cm³/mol. The molecule has 6 heteroatoms. The highest BCUT2D eigenvalue weighted by atomic mass is 16.2. The molecule has 0 aliphatic rings. The molecule has 0 aliphatic heterocycles. The molecular weight excluding hydrogens is 266 g/mol. The zero-order valence-corrected chi connectivity index (χ0v) is 11.3. The van der Waals surface area contributed by atoms with Gasteiger partial charge in [-0.2, -0.15) is 0 Å². The third kappa shape index (κ3) is 2.90. The highest BCUT2D eigenvalue weighted by Gasteiger charge is 2.17. The van der Waals surface area contributed by atoms with Gasteiger partial charge >= 0.3 is 0 Å². The van der Waals surface area contributed by atoms with E-state index in [9.17, 15) is 4.79 Å². The number of fused-ring (bicyclic) bond motifs is 1. The van der Waals surface area contributed by atoms with Crippen LogP contribution in [0.15, 0.2) is 48.9 Å². The van der Waals surface area contributed by atoms with Crippen LogP contribution in [0.2, 0.25) is 0 Å². The Kier molecular flexibility index (Phi) is 3.61. The van der Waals surface area contributed by atoms with Crippen molar-refractivity contribution in [2.45, 2.75) is 12.5 Å². The lowest BCUT2D eigenvalue weighted by Crippen LogP contribution is -2.37. The van der Waals surface area contributed by atoms with E-state index in [1.54, 1.807) is 18.5 Å². The minimum atomic E-state index is -0.659. The van der Waals surface area contributed by atoms with E-state index in [1.807, 2.05) is 30.5 Å². The maximum absolute atomic E-state index is 12.0. The van der Waals surface area contributed by atoms with Crippen LogP contribution in [0.1, 0.15) is 5.56 Å². The van der Waals surface area contributed by atoms with E-state index in [1.165, 1.54) is 0 Å². The summed E-state index contributed by atoms with van der Waals surface area (Å²) in [7, 11) is 0. The number of rotatable bonds is 4. The first-order valence-electron chi connectivity index (χ1n) is 6.62. The summed E-state index contributed by atoms with van der Waals surface area (Å²) >= 11 is 0. The molecule has 1 atom stereocenters. The topological polar surface area (TPSA) is 96.7 Å². The average molecular weight is 281 g/mol. The van der Waals surface area contributed by atoms with Gasteiger partial charge in [-0.15, -0.1) is 0 Å². The van der Waals surface area contributed by atoms with Gasteiger partial charge in [-0.25, -0.2) is 9.97 Å². The number of nitrogens with two attached hydrogens (primary N) is 1. The molecule has 3 rings (SSSR count). The van der Waals surface area contributed by atoms with Gasteiger partial charge in [-0.05, 0) is 24.1 Å². The summed E-state index contributed by atoms with van der Waals surface area (Å²) in [5.41, 5.74) is 8.02. The van der Waals surface area contributed by atoms with Crippen LogP contribution < -0.4 is 11.1 Å². The van der Waals surface area contributed by atoms with Gasteiger partial charge in [0.2, 0.25) is 11.9 Å². The average Bonchev–Trinajstić information content (AvgIpc) is 2.91. The maximum Gasteiger partial charge on any atom is 0.243 e. The number of nitrogens with one attached hydrogen (secondary N) is 2. The largest absolute Gasteiger partial charge is 0.361 e. The molecule has 3 aromatic rings. The van der Waals surface area contributed by atoms with Gasteiger partial charge in [-0.3, -0.25) is 10.1 Å². The van der Waals surface area contributed by atoms with Crippen molar-refractivity contribution >= 4 is 22.8 Å². The van der Waals surface area contributed by atoms with Crippen molar-refractivity contribution in [3.8, 4) is 0 Å². The minimum absolute atomic E-state index is 0.261. The molecule has 2 aromatic heterocycles. The number of carbonyl (C=O) groups excluding carboxylic acids is 1. The Balaban J connectivity index is 1.71. The highest BCUT2D eigenvalue weighted by Crippen LogP contribution is 2.18. The van der Waals surface area contributed by atoms with Crippen molar-refractivity contribution in [3.05, 3.63) is 54.5 Å². The lowest BCUT2D eigenvalue weighted by Gasteiger charge is -2.10. The smallest absolute Gasteiger partial charge is 0.243 e. The third-order valence-corrected chi connectivity index (χ3v) is 3.25. The van der Waals surface area contributed by atoms with Gasteiger partial charge in [0, 0.05) is 29.5 Å². The Bertz CT molecular complexity index is 753.